The van der Waals surface area contributed by atoms with Crippen LogP contribution in [0.15, 0.2) is 36.4 Å². The maximum Gasteiger partial charge on any atom is 0.259 e. The van der Waals surface area contributed by atoms with Crippen LogP contribution >= 0.6 is 0 Å². The lowest BCUT2D eigenvalue weighted by Crippen LogP contribution is -2.20. The Labute approximate surface area is 133 Å². The van der Waals surface area contributed by atoms with Crippen LogP contribution in [0.1, 0.15) is 10.4 Å². The molecule has 2 aromatic rings. The van der Waals surface area contributed by atoms with Gasteiger partial charge in [-0.3, -0.25) is 4.79 Å². The largest absolute Gasteiger partial charge is 0.497 e. The summed E-state index contributed by atoms with van der Waals surface area (Å²) >= 11 is 0. The molecule has 1 aliphatic heterocycles. The number of ether oxygens (including phenoxy) is 4. The molecule has 0 saturated carbocycles. The van der Waals surface area contributed by atoms with Crippen LogP contribution in [0.5, 0.6) is 23.0 Å². The summed E-state index contributed by atoms with van der Waals surface area (Å²) in [6.07, 6.45) is 0. The molecule has 1 N–H and O–H groups in total. The Kier molecular flexibility index (Phi) is 4.23. The predicted octanol–water partition coefficient (Wildman–Crippen LogP) is 2.73. The van der Waals surface area contributed by atoms with E-state index < -0.39 is 0 Å². The molecule has 1 heterocycles. The summed E-state index contributed by atoms with van der Waals surface area (Å²) < 4.78 is 21.5. The van der Waals surface area contributed by atoms with Crippen LogP contribution in [0.4, 0.5) is 5.69 Å². The normalized spacial score (nSPS) is 12.4. The van der Waals surface area contributed by atoms with Crippen molar-refractivity contribution >= 4 is 11.6 Å². The van der Waals surface area contributed by atoms with Crippen molar-refractivity contribution in [3.05, 3.63) is 42.0 Å². The van der Waals surface area contributed by atoms with Gasteiger partial charge in [-0.25, -0.2) is 0 Å². The number of para-hydroxylation sites is 1. The SMILES string of the molecule is COc1ccc(OC)c(NC(=O)c2cccc3c2OCCO3)c1. The van der Waals surface area contributed by atoms with E-state index in [1.165, 1.54) is 0 Å². The molecule has 0 unspecified atom stereocenters. The van der Waals surface area contributed by atoms with E-state index in [1.807, 2.05) is 0 Å². The highest BCUT2D eigenvalue weighted by Gasteiger charge is 2.21. The molecular weight excluding hydrogens is 298 g/mol. The van der Waals surface area contributed by atoms with Crippen molar-refractivity contribution in [1.82, 2.24) is 0 Å². The number of hydrogen-bond acceptors (Lipinski definition) is 5. The predicted molar refractivity (Wildman–Crippen MR) is 84.9 cm³/mol. The number of amides is 1. The molecule has 0 radical (unpaired) electrons. The molecule has 1 amide bonds. The van der Waals surface area contributed by atoms with E-state index in [0.29, 0.717) is 47.5 Å². The molecule has 6 heteroatoms. The maximum absolute atomic E-state index is 12.6. The summed E-state index contributed by atoms with van der Waals surface area (Å²) in [7, 11) is 3.10. The second-order valence-electron chi connectivity index (χ2n) is 4.85. The standard InChI is InChI=1S/C17H17NO5/c1-20-11-6-7-14(21-2)13(10-11)18-17(19)12-4-3-5-15-16(12)23-9-8-22-15/h3-7,10H,8-9H2,1-2H3,(H,18,19). The molecule has 1 aliphatic rings. The van der Waals surface area contributed by atoms with Gasteiger partial charge in [0.05, 0.1) is 25.5 Å². The van der Waals surface area contributed by atoms with Gasteiger partial charge in [-0.05, 0) is 24.3 Å². The topological polar surface area (TPSA) is 66.0 Å². The molecule has 0 bridgehead atoms. The lowest BCUT2D eigenvalue weighted by Gasteiger charge is -2.20. The highest BCUT2D eigenvalue weighted by Crippen LogP contribution is 2.35. The highest BCUT2D eigenvalue weighted by atomic mass is 16.6. The van der Waals surface area contributed by atoms with Crippen LogP contribution in [0.25, 0.3) is 0 Å². The average Bonchev–Trinajstić information content (AvgIpc) is 2.61. The number of hydrogen-bond donors (Lipinski definition) is 1. The fourth-order valence-corrected chi connectivity index (χ4v) is 2.35. The van der Waals surface area contributed by atoms with Crippen LogP contribution in [-0.2, 0) is 0 Å². The van der Waals surface area contributed by atoms with E-state index in [1.54, 1.807) is 50.6 Å². The summed E-state index contributed by atoms with van der Waals surface area (Å²) in [6.45, 7) is 0.890. The van der Waals surface area contributed by atoms with Gasteiger partial charge in [-0.1, -0.05) is 6.07 Å². The van der Waals surface area contributed by atoms with E-state index >= 15 is 0 Å². The molecular formula is C17H17NO5. The first kappa shape index (κ1) is 15.0. The van der Waals surface area contributed by atoms with E-state index in [0.717, 1.165) is 0 Å². The average molecular weight is 315 g/mol. The van der Waals surface area contributed by atoms with Crippen molar-refractivity contribution in [2.24, 2.45) is 0 Å². The maximum atomic E-state index is 12.6. The monoisotopic (exact) mass is 315 g/mol. The Hall–Kier alpha value is -2.89. The summed E-state index contributed by atoms with van der Waals surface area (Å²) in [5.74, 6) is 1.88. The van der Waals surface area contributed by atoms with Crippen LogP contribution < -0.4 is 24.3 Å². The number of carbonyl (C=O) groups is 1. The van der Waals surface area contributed by atoms with Gasteiger partial charge in [-0.15, -0.1) is 0 Å². The smallest absolute Gasteiger partial charge is 0.259 e. The number of benzene rings is 2. The third-order valence-corrected chi connectivity index (χ3v) is 3.47. The minimum Gasteiger partial charge on any atom is -0.497 e. The van der Waals surface area contributed by atoms with Gasteiger partial charge in [0, 0.05) is 6.07 Å². The number of nitrogens with one attached hydrogen (secondary N) is 1. The zero-order chi connectivity index (χ0) is 16.2. The number of anilines is 1. The molecule has 3 rings (SSSR count). The molecule has 0 aliphatic carbocycles. The second kappa shape index (κ2) is 6.48. The molecule has 6 nitrogen and oxygen atoms in total. The molecule has 23 heavy (non-hydrogen) atoms. The Balaban J connectivity index is 1.91. The van der Waals surface area contributed by atoms with Gasteiger partial charge in [0.1, 0.15) is 24.7 Å². The minimum atomic E-state index is -0.307. The first-order valence-corrected chi connectivity index (χ1v) is 7.15. The number of carbonyl (C=O) groups excluding carboxylic acids is 1. The molecule has 120 valence electrons. The van der Waals surface area contributed by atoms with Gasteiger partial charge < -0.3 is 24.3 Å². The van der Waals surface area contributed by atoms with Crippen molar-refractivity contribution in [1.29, 1.82) is 0 Å². The fraction of sp³-hybridized carbons (Fsp3) is 0.235. The Morgan fingerprint density at radius 1 is 1.09 bits per heavy atom. The second-order valence-corrected chi connectivity index (χ2v) is 4.85. The first-order chi connectivity index (χ1) is 11.2. The Morgan fingerprint density at radius 3 is 2.70 bits per heavy atom. The lowest BCUT2D eigenvalue weighted by molar-refractivity contribution is 0.101. The van der Waals surface area contributed by atoms with Gasteiger partial charge in [0.2, 0.25) is 0 Å². The molecule has 0 saturated heterocycles. The fourth-order valence-electron chi connectivity index (χ4n) is 2.35. The summed E-state index contributed by atoms with van der Waals surface area (Å²) in [6, 6.07) is 10.4. The van der Waals surface area contributed by atoms with Crippen LogP contribution in [0.2, 0.25) is 0 Å². The van der Waals surface area contributed by atoms with E-state index in [2.05, 4.69) is 5.32 Å². The first-order valence-electron chi connectivity index (χ1n) is 7.15. The van der Waals surface area contributed by atoms with Crippen molar-refractivity contribution in [2.75, 3.05) is 32.8 Å². The molecule has 0 atom stereocenters. The highest BCUT2D eigenvalue weighted by molar-refractivity contribution is 6.07. The van der Waals surface area contributed by atoms with Crippen LogP contribution in [0, 0.1) is 0 Å². The molecule has 2 aromatic carbocycles. The summed E-state index contributed by atoms with van der Waals surface area (Å²) in [4.78, 5) is 12.6. The summed E-state index contributed by atoms with van der Waals surface area (Å²) in [5, 5.41) is 2.82. The van der Waals surface area contributed by atoms with E-state index in [-0.39, 0.29) is 5.91 Å². The van der Waals surface area contributed by atoms with Gasteiger partial charge in [-0.2, -0.15) is 0 Å². The number of rotatable bonds is 4. The van der Waals surface area contributed by atoms with Crippen LogP contribution in [-0.4, -0.2) is 33.3 Å². The third kappa shape index (κ3) is 3.01. The summed E-state index contributed by atoms with van der Waals surface area (Å²) in [5.41, 5.74) is 0.929. The van der Waals surface area contributed by atoms with Gasteiger partial charge in [0.25, 0.3) is 5.91 Å². The van der Waals surface area contributed by atoms with Crippen molar-refractivity contribution in [3.63, 3.8) is 0 Å². The molecule has 0 spiro atoms. The minimum absolute atomic E-state index is 0.307. The van der Waals surface area contributed by atoms with E-state index in [9.17, 15) is 4.79 Å². The van der Waals surface area contributed by atoms with Crippen molar-refractivity contribution in [2.45, 2.75) is 0 Å². The van der Waals surface area contributed by atoms with E-state index in [4.69, 9.17) is 18.9 Å². The molecule has 0 fully saturated rings. The van der Waals surface area contributed by atoms with Gasteiger partial charge in [0.15, 0.2) is 11.5 Å². The van der Waals surface area contributed by atoms with Crippen LogP contribution in [0.3, 0.4) is 0 Å². The zero-order valence-corrected chi connectivity index (χ0v) is 12.9. The zero-order valence-electron chi connectivity index (χ0n) is 12.9. The third-order valence-electron chi connectivity index (χ3n) is 3.47. The Morgan fingerprint density at radius 2 is 1.91 bits per heavy atom. The lowest BCUT2D eigenvalue weighted by atomic mass is 10.1. The van der Waals surface area contributed by atoms with Gasteiger partial charge >= 0.3 is 0 Å². The molecule has 0 aromatic heterocycles. The van der Waals surface area contributed by atoms with Crippen molar-refractivity contribution < 1.29 is 23.7 Å². The number of methoxy groups -OCH3 is 2. The quantitative estimate of drug-likeness (QED) is 0.940. The Bertz CT molecular complexity index is 729. The van der Waals surface area contributed by atoms with Crippen molar-refractivity contribution in [3.8, 4) is 23.0 Å². The number of fused-ring (bicyclic) bond motifs is 1.